The molecule has 0 saturated heterocycles. The highest BCUT2D eigenvalue weighted by molar-refractivity contribution is 7.88. The van der Waals surface area contributed by atoms with Gasteiger partial charge in [-0.25, -0.2) is 9.98 Å². The summed E-state index contributed by atoms with van der Waals surface area (Å²) in [5.41, 5.74) is 10.1. The van der Waals surface area contributed by atoms with Gasteiger partial charge in [0.2, 0.25) is 0 Å². The lowest BCUT2D eigenvalue weighted by Gasteiger charge is -2.23. The highest BCUT2D eigenvalue weighted by Gasteiger charge is 2.29. The van der Waals surface area contributed by atoms with E-state index >= 15 is 0 Å². The molecule has 29 heavy (non-hydrogen) atoms. The molecule has 4 rings (SSSR count). The minimum absolute atomic E-state index is 0.187. The van der Waals surface area contributed by atoms with Crippen LogP contribution in [0, 0.1) is 0 Å². The van der Waals surface area contributed by atoms with E-state index < -0.39 is 10.8 Å². The Hall–Kier alpha value is -2.78. The Morgan fingerprint density at radius 2 is 2.24 bits per heavy atom. The molecule has 7 nitrogen and oxygen atoms in total. The van der Waals surface area contributed by atoms with E-state index in [1.165, 1.54) is 17.7 Å². The fourth-order valence-electron chi connectivity index (χ4n) is 3.09. The molecule has 1 unspecified atom stereocenters. The zero-order valence-electron chi connectivity index (χ0n) is 15.9. The number of nitrogen functional groups attached to an aromatic ring is 1. The number of aromatic nitrogens is 3. The molecule has 148 valence electrons. The summed E-state index contributed by atoms with van der Waals surface area (Å²) in [4.78, 5) is 21.8. The lowest BCUT2D eigenvalue weighted by atomic mass is 10.0. The van der Waals surface area contributed by atoms with Gasteiger partial charge in [-0.3, -0.25) is 19.2 Å². The summed E-state index contributed by atoms with van der Waals surface area (Å²) in [6.45, 7) is 5.30. The maximum Gasteiger partial charge on any atom is 0.127 e. The van der Waals surface area contributed by atoms with E-state index in [2.05, 4.69) is 26.7 Å². The Morgan fingerprint density at radius 1 is 1.41 bits per heavy atom. The van der Waals surface area contributed by atoms with Gasteiger partial charge in [-0.05, 0) is 38.1 Å². The molecule has 1 aliphatic rings. The Kier molecular flexibility index (Phi) is 5.59. The Morgan fingerprint density at radius 3 is 2.90 bits per heavy atom. The number of nitrogens with zero attached hydrogens (tertiary/aromatic N) is 5. The molecule has 1 aliphatic carbocycles. The van der Waals surface area contributed by atoms with Gasteiger partial charge in [-0.1, -0.05) is 6.42 Å². The van der Waals surface area contributed by atoms with Crippen LogP contribution in [0.4, 0.5) is 5.69 Å². The van der Waals surface area contributed by atoms with Crippen molar-refractivity contribution in [2.45, 2.75) is 35.6 Å². The Balaban J connectivity index is 1.92. The number of rotatable bonds is 6. The molecule has 0 spiro atoms. The second-order valence-electron chi connectivity index (χ2n) is 6.74. The first kappa shape index (κ1) is 19.5. The zero-order chi connectivity index (χ0) is 20.4. The second-order valence-corrected chi connectivity index (χ2v) is 9.67. The number of hydrogen-bond acceptors (Lipinski definition) is 7. The minimum atomic E-state index is -1.11. The molecular weight excluding hydrogens is 404 g/mol. The van der Waals surface area contributed by atoms with Crippen molar-refractivity contribution in [2.24, 2.45) is 9.98 Å². The fraction of sp³-hybridized carbons (Fsp3) is 0.250. The van der Waals surface area contributed by atoms with Gasteiger partial charge in [-0.15, -0.1) is 11.3 Å². The number of aliphatic imine (C=N–C) groups is 2. The molecular formula is C20H20N6OS2. The van der Waals surface area contributed by atoms with Gasteiger partial charge < -0.3 is 5.73 Å². The molecule has 1 atom stereocenters. The number of nitrogens with two attached hydrogens (primary N) is 1. The van der Waals surface area contributed by atoms with Crippen molar-refractivity contribution in [3.05, 3.63) is 36.6 Å². The molecule has 0 radical (unpaired) electrons. The summed E-state index contributed by atoms with van der Waals surface area (Å²) in [5.74, 6) is 0. The normalized spacial score (nSPS) is 16.2. The van der Waals surface area contributed by atoms with Gasteiger partial charge in [-0.2, -0.15) is 0 Å². The van der Waals surface area contributed by atoms with Gasteiger partial charge in [0, 0.05) is 34.8 Å². The highest BCUT2D eigenvalue weighted by atomic mass is 32.2. The molecule has 0 aliphatic heterocycles. The molecule has 0 amide bonds. The maximum absolute atomic E-state index is 13.0. The fourth-order valence-corrected chi connectivity index (χ4v) is 6.30. The number of anilines is 1. The molecule has 1 saturated carbocycles. The summed E-state index contributed by atoms with van der Waals surface area (Å²) < 4.78 is 13.7. The molecule has 2 N–H and O–H groups in total. The highest BCUT2D eigenvalue weighted by Crippen LogP contribution is 2.43. The van der Waals surface area contributed by atoms with Gasteiger partial charge in [0.05, 0.1) is 34.1 Å². The van der Waals surface area contributed by atoms with E-state index in [-0.39, 0.29) is 5.25 Å². The smallest absolute Gasteiger partial charge is 0.127 e. The van der Waals surface area contributed by atoms with E-state index in [0.717, 1.165) is 46.3 Å². The second kappa shape index (κ2) is 8.30. The van der Waals surface area contributed by atoms with Crippen LogP contribution in [0.2, 0.25) is 0 Å². The Labute approximate surface area is 175 Å². The van der Waals surface area contributed by atoms with Crippen molar-refractivity contribution in [2.75, 3.05) is 5.73 Å². The van der Waals surface area contributed by atoms with Crippen LogP contribution in [0.5, 0.6) is 0 Å². The molecule has 0 aromatic carbocycles. The molecule has 3 aromatic heterocycles. The maximum atomic E-state index is 13.0. The molecule has 0 bridgehead atoms. The van der Waals surface area contributed by atoms with Crippen molar-refractivity contribution in [3.8, 4) is 11.3 Å². The third-order valence-corrected chi connectivity index (χ3v) is 8.16. The van der Waals surface area contributed by atoms with Crippen LogP contribution in [0.25, 0.3) is 27.0 Å². The largest absolute Gasteiger partial charge is 0.396 e. The average Bonchev–Trinajstić information content (AvgIpc) is 3.03. The first-order chi connectivity index (χ1) is 14.1. The van der Waals surface area contributed by atoms with Crippen LogP contribution in [0.3, 0.4) is 0 Å². The SMILES string of the molecule is C=NC=N/C=C(\C)c1cc(-c2cnccn2)c2c(N)c(S(=O)C3CCC3)sc2n1. The van der Waals surface area contributed by atoms with Crippen LogP contribution in [-0.2, 0) is 10.8 Å². The standard InChI is InChI=1S/C20H20N6OS2/c1-12(9-24-11-22-2)15-8-14(16-10-23-6-7-25-16)17-18(21)20(28-19(17)26-15)29(27)13-4-3-5-13/h6-11,13H,2-5,21H2,1H3/b12-9+,24-11?. The van der Waals surface area contributed by atoms with Crippen molar-refractivity contribution < 1.29 is 4.21 Å². The van der Waals surface area contributed by atoms with E-state index in [1.807, 2.05) is 13.0 Å². The first-order valence-electron chi connectivity index (χ1n) is 9.14. The predicted molar refractivity (Wildman–Crippen MR) is 121 cm³/mol. The van der Waals surface area contributed by atoms with Crippen LogP contribution < -0.4 is 5.73 Å². The van der Waals surface area contributed by atoms with Gasteiger partial charge in [0.25, 0.3) is 0 Å². The van der Waals surface area contributed by atoms with E-state index in [4.69, 9.17) is 10.7 Å². The number of fused-ring (bicyclic) bond motifs is 1. The summed E-state index contributed by atoms with van der Waals surface area (Å²) in [6, 6.07) is 1.92. The third-order valence-electron chi connectivity index (χ3n) is 4.86. The topological polar surface area (TPSA) is 106 Å². The van der Waals surface area contributed by atoms with Crippen molar-refractivity contribution in [1.82, 2.24) is 15.0 Å². The average molecular weight is 425 g/mol. The van der Waals surface area contributed by atoms with Gasteiger partial charge in [0.1, 0.15) is 15.4 Å². The number of thiophene rings is 1. The van der Waals surface area contributed by atoms with Crippen LogP contribution >= 0.6 is 11.3 Å². The first-order valence-corrected chi connectivity index (χ1v) is 11.2. The van der Waals surface area contributed by atoms with Crippen LogP contribution in [0.1, 0.15) is 31.9 Å². The molecule has 1 fully saturated rings. The van der Waals surface area contributed by atoms with E-state index in [9.17, 15) is 4.21 Å². The van der Waals surface area contributed by atoms with Crippen molar-refractivity contribution >= 4 is 56.7 Å². The zero-order valence-corrected chi connectivity index (χ0v) is 17.5. The number of hydrogen-bond donors (Lipinski definition) is 1. The predicted octanol–water partition coefficient (Wildman–Crippen LogP) is 4.09. The summed E-state index contributed by atoms with van der Waals surface area (Å²) in [6.07, 6.45) is 11.1. The van der Waals surface area contributed by atoms with E-state index in [0.29, 0.717) is 15.6 Å². The van der Waals surface area contributed by atoms with Crippen LogP contribution in [0.15, 0.2) is 45.1 Å². The van der Waals surface area contributed by atoms with Crippen molar-refractivity contribution in [1.29, 1.82) is 0 Å². The third kappa shape index (κ3) is 3.75. The molecule has 3 heterocycles. The molecule has 9 heteroatoms. The van der Waals surface area contributed by atoms with Gasteiger partial charge in [0.15, 0.2) is 0 Å². The quantitative estimate of drug-likeness (QED) is 0.474. The summed E-state index contributed by atoms with van der Waals surface area (Å²) in [7, 11) is -1.11. The van der Waals surface area contributed by atoms with Crippen molar-refractivity contribution in [3.63, 3.8) is 0 Å². The molecule has 3 aromatic rings. The summed E-state index contributed by atoms with van der Waals surface area (Å²) >= 11 is 1.40. The van der Waals surface area contributed by atoms with E-state index in [1.54, 1.807) is 24.8 Å². The lowest BCUT2D eigenvalue weighted by molar-refractivity contribution is 0.505. The van der Waals surface area contributed by atoms with Crippen LogP contribution in [-0.4, -0.2) is 37.5 Å². The lowest BCUT2D eigenvalue weighted by Crippen LogP contribution is -2.23. The number of allylic oxidation sites excluding steroid dienone is 1. The summed E-state index contributed by atoms with van der Waals surface area (Å²) in [5, 5.41) is 0.971. The van der Waals surface area contributed by atoms with Gasteiger partial charge >= 0.3 is 0 Å². The Bertz CT molecular complexity index is 1150. The minimum Gasteiger partial charge on any atom is -0.396 e. The number of pyridine rings is 1. The monoisotopic (exact) mass is 424 g/mol.